The van der Waals surface area contributed by atoms with Gasteiger partial charge in [-0.15, -0.1) is 11.3 Å². The van der Waals surface area contributed by atoms with Crippen LogP contribution in [0.2, 0.25) is 0 Å². The molecule has 68 valence electrons. The summed E-state index contributed by atoms with van der Waals surface area (Å²) in [5.41, 5.74) is 0.0906. The van der Waals surface area contributed by atoms with Crippen LogP contribution in [0.1, 0.15) is 0 Å². The van der Waals surface area contributed by atoms with Gasteiger partial charge in [-0.2, -0.15) is 12.6 Å². The summed E-state index contributed by atoms with van der Waals surface area (Å²) >= 11 is 5.70. The van der Waals surface area contributed by atoms with Gasteiger partial charge in [-0.25, -0.2) is 0 Å². The predicted molar refractivity (Wildman–Crippen MR) is 59.9 cm³/mol. The largest absolute Gasteiger partial charge is 0.314 e. The Morgan fingerprint density at radius 3 is 3.08 bits per heavy atom. The van der Waals surface area contributed by atoms with Crippen molar-refractivity contribution in [3.63, 3.8) is 0 Å². The van der Waals surface area contributed by atoms with Crippen molar-refractivity contribution in [3.8, 4) is 0 Å². The van der Waals surface area contributed by atoms with Gasteiger partial charge in [0.25, 0.3) is 5.56 Å². The fourth-order valence-corrected chi connectivity index (χ4v) is 2.28. The van der Waals surface area contributed by atoms with Crippen LogP contribution in [0.15, 0.2) is 28.5 Å². The first-order valence-electron chi connectivity index (χ1n) is 4.00. The molecule has 13 heavy (non-hydrogen) atoms. The molecule has 0 aliphatic heterocycles. The number of nitrogens with zero attached hydrogens (tertiary/aromatic N) is 1. The van der Waals surface area contributed by atoms with E-state index in [1.807, 2.05) is 23.7 Å². The van der Waals surface area contributed by atoms with Crippen molar-refractivity contribution in [2.75, 3.05) is 5.75 Å². The molecule has 0 saturated carbocycles. The van der Waals surface area contributed by atoms with E-state index in [0.29, 0.717) is 12.3 Å². The minimum Gasteiger partial charge on any atom is -0.314 e. The zero-order valence-corrected chi connectivity index (χ0v) is 8.65. The van der Waals surface area contributed by atoms with Crippen LogP contribution in [0, 0.1) is 0 Å². The zero-order chi connectivity index (χ0) is 9.26. The van der Waals surface area contributed by atoms with Crippen LogP contribution in [0.3, 0.4) is 0 Å². The Balaban J connectivity index is 2.67. The maximum absolute atomic E-state index is 11.7. The minimum atomic E-state index is 0.0906. The van der Waals surface area contributed by atoms with Gasteiger partial charge in [0.1, 0.15) is 0 Å². The summed E-state index contributed by atoms with van der Waals surface area (Å²) in [5.74, 6) is 0.690. The maximum Gasteiger partial charge on any atom is 0.259 e. The van der Waals surface area contributed by atoms with Gasteiger partial charge in [0.15, 0.2) is 0 Å². The van der Waals surface area contributed by atoms with Gasteiger partial charge in [-0.3, -0.25) is 4.79 Å². The number of rotatable bonds is 2. The molecule has 0 unspecified atom stereocenters. The Labute approximate surface area is 85.2 Å². The molecule has 4 heteroatoms. The number of aryl methyl sites for hydroxylation is 1. The molecule has 0 aromatic carbocycles. The van der Waals surface area contributed by atoms with E-state index in [1.165, 1.54) is 0 Å². The molecule has 0 atom stereocenters. The van der Waals surface area contributed by atoms with Gasteiger partial charge in [0.05, 0.1) is 5.39 Å². The van der Waals surface area contributed by atoms with Crippen molar-refractivity contribution in [2.24, 2.45) is 0 Å². The zero-order valence-electron chi connectivity index (χ0n) is 6.93. The normalized spacial score (nSPS) is 10.8. The molecule has 2 nitrogen and oxygen atoms in total. The second-order valence-corrected chi connectivity index (χ2v) is 4.13. The van der Waals surface area contributed by atoms with E-state index >= 15 is 0 Å². The van der Waals surface area contributed by atoms with E-state index in [1.54, 1.807) is 15.9 Å². The summed E-state index contributed by atoms with van der Waals surface area (Å²) < 4.78 is 2.75. The second-order valence-electron chi connectivity index (χ2n) is 2.74. The van der Waals surface area contributed by atoms with Crippen molar-refractivity contribution >= 4 is 34.1 Å². The van der Waals surface area contributed by atoms with E-state index in [4.69, 9.17) is 0 Å². The topological polar surface area (TPSA) is 22.0 Å². The monoisotopic (exact) mass is 211 g/mol. The van der Waals surface area contributed by atoms with Crippen molar-refractivity contribution < 1.29 is 0 Å². The SMILES string of the molecule is O=c1c2ccsc2ccn1CCS. The second kappa shape index (κ2) is 3.55. The first kappa shape index (κ1) is 8.84. The highest BCUT2D eigenvalue weighted by molar-refractivity contribution is 7.80. The first-order chi connectivity index (χ1) is 6.33. The fourth-order valence-electron chi connectivity index (χ4n) is 1.29. The van der Waals surface area contributed by atoms with Crippen LogP contribution < -0.4 is 5.56 Å². The average Bonchev–Trinajstić information content (AvgIpc) is 2.58. The maximum atomic E-state index is 11.7. The Hall–Kier alpha value is -0.740. The molecule has 2 aromatic rings. The highest BCUT2D eigenvalue weighted by Gasteiger charge is 2.01. The van der Waals surface area contributed by atoms with E-state index in [-0.39, 0.29) is 5.56 Å². The van der Waals surface area contributed by atoms with E-state index in [9.17, 15) is 4.79 Å². The van der Waals surface area contributed by atoms with E-state index < -0.39 is 0 Å². The van der Waals surface area contributed by atoms with Crippen molar-refractivity contribution in [1.82, 2.24) is 4.57 Å². The Morgan fingerprint density at radius 2 is 2.31 bits per heavy atom. The predicted octanol–water partition coefficient (Wildman–Crippen LogP) is 1.99. The summed E-state index contributed by atoms with van der Waals surface area (Å²) in [6.45, 7) is 0.674. The molecule has 0 amide bonds. The quantitative estimate of drug-likeness (QED) is 0.754. The number of aromatic nitrogens is 1. The van der Waals surface area contributed by atoms with Crippen LogP contribution in [-0.2, 0) is 6.54 Å². The lowest BCUT2D eigenvalue weighted by Crippen LogP contribution is -2.19. The Morgan fingerprint density at radius 1 is 1.46 bits per heavy atom. The third-order valence-corrected chi connectivity index (χ3v) is 3.02. The number of thiol groups is 1. The molecule has 0 aliphatic rings. The van der Waals surface area contributed by atoms with Crippen molar-refractivity contribution in [2.45, 2.75) is 6.54 Å². The summed E-state index contributed by atoms with van der Waals surface area (Å²) in [6.07, 6.45) is 1.83. The van der Waals surface area contributed by atoms with Gasteiger partial charge in [-0.05, 0) is 17.5 Å². The number of pyridine rings is 1. The number of fused-ring (bicyclic) bond motifs is 1. The Kier molecular flexibility index (Phi) is 2.42. The standard InChI is InChI=1S/C9H9NOS2/c11-9-7-2-6-13-8(7)1-3-10(9)4-5-12/h1-3,6,12H,4-5H2. The van der Waals surface area contributed by atoms with E-state index in [0.717, 1.165) is 10.1 Å². The lowest BCUT2D eigenvalue weighted by molar-refractivity contribution is 0.745. The number of hydrogen-bond donors (Lipinski definition) is 1. The number of thiophene rings is 1. The van der Waals surface area contributed by atoms with Gasteiger partial charge in [-0.1, -0.05) is 0 Å². The van der Waals surface area contributed by atoms with Gasteiger partial charge < -0.3 is 4.57 Å². The third kappa shape index (κ3) is 1.51. The molecule has 0 spiro atoms. The van der Waals surface area contributed by atoms with Crippen LogP contribution in [-0.4, -0.2) is 10.3 Å². The molecule has 0 aliphatic carbocycles. The van der Waals surface area contributed by atoms with Crippen LogP contribution in [0.25, 0.3) is 10.1 Å². The molecule has 0 N–H and O–H groups in total. The summed E-state index contributed by atoms with van der Waals surface area (Å²) in [6, 6.07) is 3.85. The smallest absolute Gasteiger partial charge is 0.259 e. The van der Waals surface area contributed by atoms with Gasteiger partial charge >= 0.3 is 0 Å². The summed E-state index contributed by atoms with van der Waals surface area (Å²) in [4.78, 5) is 11.7. The molecular weight excluding hydrogens is 202 g/mol. The molecule has 2 rings (SSSR count). The molecule has 0 fully saturated rings. The van der Waals surface area contributed by atoms with Crippen molar-refractivity contribution in [3.05, 3.63) is 34.1 Å². The first-order valence-corrected chi connectivity index (χ1v) is 5.51. The van der Waals surface area contributed by atoms with E-state index in [2.05, 4.69) is 12.6 Å². The summed E-state index contributed by atoms with van der Waals surface area (Å²) in [5, 5.41) is 2.76. The highest BCUT2D eigenvalue weighted by atomic mass is 32.1. The molecule has 2 aromatic heterocycles. The van der Waals surface area contributed by atoms with Gasteiger partial charge in [0, 0.05) is 23.2 Å². The molecular formula is C9H9NOS2. The summed E-state index contributed by atoms with van der Waals surface area (Å²) in [7, 11) is 0. The highest BCUT2D eigenvalue weighted by Crippen LogP contribution is 2.15. The molecule has 0 saturated heterocycles. The van der Waals surface area contributed by atoms with Crippen LogP contribution in [0.5, 0.6) is 0 Å². The molecule has 0 radical (unpaired) electrons. The molecule has 2 heterocycles. The Bertz CT molecular complexity index is 472. The molecule has 0 bridgehead atoms. The number of hydrogen-bond acceptors (Lipinski definition) is 3. The lowest BCUT2D eigenvalue weighted by Gasteiger charge is -2.01. The average molecular weight is 211 g/mol. The third-order valence-electron chi connectivity index (χ3n) is 1.93. The fraction of sp³-hybridized carbons (Fsp3) is 0.222. The van der Waals surface area contributed by atoms with Crippen LogP contribution >= 0.6 is 24.0 Å². The van der Waals surface area contributed by atoms with Crippen LogP contribution in [0.4, 0.5) is 0 Å². The minimum absolute atomic E-state index is 0.0906. The van der Waals surface area contributed by atoms with Gasteiger partial charge in [0.2, 0.25) is 0 Å². The lowest BCUT2D eigenvalue weighted by atomic mass is 10.3. The van der Waals surface area contributed by atoms with Crippen molar-refractivity contribution in [1.29, 1.82) is 0 Å².